The van der Waals surface area contributed by atoms with Gasteiger partial charge in [-0.15, -0.1) is 0 Å². The van der Waals surface area contributed by atoms with Crippen molar-refractivity contribution in [2.24, 2.45) is 0 Å². The van der Waals surface area contributed by atoms with E-state index < -0.39 is 30.4 Å². The molecule has 1 aromatic carbocycles. The lowest BCUT2D eigenvalue weighted by molar-refractivity contribution is -0.150. The first-order chi connectivity index (χ1) is 12.9. The largest absolute Gasteiger partial charge is 0.460 e. The van der Waals surface area contributed by atoms with Crippen molar-refractivity contribution < 1.29 is 33.4 Å². The average Bonchev–Trinajstić information content (AvgIpc) is 3.22. The molecule has 1 aromatic rings. The second kappa shape index (κ2) is 7.87. The van der Waals surface area contributed by atoms with Crippen molar-refractivity contribution in [3.63, 3.8) is 0 Å². The molecule has 0 N–H and O–H groups in total. The molecule has 0 saturated carbocycles. The molecule has 0 spiro atoms. The van der Waals surface area contributed by atoms with Crippen LogP contribution in [0.3, 0.4) is 0 Å². The Kier molecular flexibility index (Phi) is 5.55. The van der Waals surface area contributed by atoms with Crippen LogP contribution in [0.15, 0.2) is 18.2 Å². The lowest BCUT2D eigenvalue weighted by Gasteiger charge is -2.17. The van der Waals surface area contributed by atoms with Gasteiger partial charge < -0.3 is 14.2 Å². The lowest BCUT2D eigenvalue weighted by Crippen LogP contribution is -2.36. The Balaban J connectivity index is 1.68. The highest BCUT2D eigenvalue weighted by atomic mass is 16.6. The van der Waals surface area contributed by atoms with Crippen molar-refractivity contribution in [2.45, 2.75) is 38.9 Å². The van der Waals surface area contributed by atoms with Gasteiger partial charge in [-0.25, -0.2) is 9.59 Å². The normalized spacial score (nSPS) is 18.8. The van der Waals surface area contributed by atoms with Crippen LogP contribution in [0.1, 0.15) is 57.8 Å². The maximum atomic E-state index is 12.6. The maximum Gasteiger partial charge on any atom is 0.344 e. The number of esters is 2. The number of amides is 2. The molecule has 0 aliphatic carbocycles. The van der Waals surface area contributed by atoms with Crippen LogP contribution in [0.4, 0.5) is 0 Å². The number of rotatable bonds is 6. The third-order valence-corrected chi connectivity index (χ3v) is 4.30. The van der Waals surface area contributed by atoms with Crippen molar-refractivity contribution in [3.05, 3.63) is 34.9 Å². The second-order valence-corrected chi connectivity index (χ2v) is 6.73. The number of imide groups is 1. The zero-order chi connectivity index (χ0) is 19.6. The number of hydrogen-bond donors (Lipinski definition) is 0. The number of carbonyl (C=O) groups is 4. The van der Waals surface area contributed by atoms with E-state index in [-0.39, 0.29) is 35.4 Å². The van der Waals surface area contributed by atoms with E-state index in [4.69, 9.17) is 14.2 Å². The van der Waals surface area contributed by atoms with Gasteiger partial charge in [-0.05, 0) is 44.9 Å². The second-order valence-electron chi connectivity index (χ2n) is 6.73. The predicted molar refractivity (Wildman–Crippen MR) is 92.3 cm³/mol. The summed E-state index contributed by atoms with van der Waals surface area (Å²) in [6.45, 7) is 3.68. The van der Waals surface area contributed by atoms with Gasteiger partial charge in [0, 0.05) is 6.61 Å². The molecule has 3 rings (SSSR count). The van der Waals surface area contributed by atoms with Gasteiger partial charge in [0.15, 0.2) is 6.61 Å². The van der Waals surface area contributed by atoms with Crippen molar-refractivity contribution >= 4 is 23.8 Å². The fourth-order valence-electron chi connectivity index (χ4n) is 3.08. The highest BCUT2D eigenvalue weighted by molar-refractivity contribution is 6.22. The van der Waals surface area contributed by atoms with E-state index in [1.54, 1.807) is 13.8 Å². The van der Waals surface area contributed by atoms with E-state index in [0.717, 1.165) is 17.7 Å². The molecule has 0 bridgehead atoms. The third kappa shape index (κ3) is 4.16. The summed E-state index contributed by atoms with van der Waals surface area (Å²) in [5.41, 5.74) is 0.484. The quantitative estimate of drug-likeness (QED) is 0.550. The number of carbonyl (C=O) groups excluding carboxylic acids is 4. The average molecular weight is 375 g/mol. The first kappa shape index (κ1) is 19.0. The van der Waals surface area contributed by atoms with Crippen LogP contribution in [-0.2, 0) is 19.0 Å². The van der Waals surface area contributed by atoms with Crippen LogP contribution < -0.4 is 0 Å². The molecular formula is C19H21NO7. The Hall–Kier alpha value is -2.74. The summed E-state index contributed by atoms with van der Waals surface area (Å²) in [7, 11) is 0. The molecule has 144 valence electrons. The van der Waals surface area contributed by atoms with Gasteiger partial charge >= 0.3 is 11.9 Å². The Morgan fingerprint density at radius 1 is 1.22 bits per heavy atom. The number of hydrogen-bond acceptors (Lipinski definition) is 7. The highest BCUT2D eigenvalue weighted by Crippen LogP contribution is 2.26. The summed E-state index contributed by atoms with van der Waals surface area (Å²) in [6, 6.07) is 4.14. The third-order valence-electron chi connectivity index (χ3n) is 4.30. The van der Waals surface area contributed by atoms with Crippen molar-refractivity contribution in [2.75, 3.05) is 19.8 Å². The van der Waals surface area contributed by atoms with E-state index in [1.165, 1.54) is 18.2 Å². The van der Waals surface area contributed by atoms with Crippen LogP contribution >= 0.6 is 0 Å². The van der Waals surface area contributed by atoms with E-state index in [9.17, 15) is 19.2 Å². The first-order valence-electron chi connectivity index (χ1n) is 8.85. The van der Waals surface area contributed by atoms with Gasteiger partial charge in [-0.1, -0.05) is 0 Å². The van der Waals surface area contributed by atoms with Crippen molar-refractivity contribution in [3.8, 4) is 0 Å². The van der Waals surface area contributed by atoms with Crippen LogP contribution in [-0.4, -0.2) is 60.6 Å². The maximum absolute atomic E-state index is 12.6. The van der Waals surface area contributed by atoms with Gasteiger partial charge in [0.2, 0.25) is 0 Å². The molecule has 1 atom stereocenters. The number of ether oxygens (including phenoxy) is 3. The SMILES string of the molecule is CC(C)OC(=O)COC(=O)c1ccc2c(c1)C(=O)N(CC1CCCO1)C2=O. The van der Waals surface area contributed by atoms with Gasteiger partial charge in [0.25, 0.3) is 11.8 Å². The number of benzene rings is 1. The first-order valence-corrected chi connectivity index (χ1v) is 8.85. The molecule has 0 radical (unpaired) electrons. The molecule has 1 fully saturated rings. The fraction of sp³-hybridized carbons (Fsp3) is 0.474. The molecule has 0 aromatic heterocycles. The van der Waals surface area contributed by atoms with Gasteiger partial charge in [-0.3, -0.25) is 14.5 Å². The molecule has 2 amide bonds. The van der Waals surface area contributed by atoms with Crippen LogP contribution in [0.25, 0.3) is 0 Å². The van der Waals surface area contributed by atoms with Crippen LogP contribution in [0.2, 0.25) is 0 Å². The minimum Gasteiger partial charge on any atom is -0.460 e. The monoisotopic (exact) mass is 375 g/mol. The van der Waals surface area contributed by atoms with Gasteiger partial charge in [-0.2, -0.15) is 0 Å². The molecule has 2 heterocycles. The Morgan fingerprint density at radius 3 is 2.63 bits per heavy atom. The summed E-state index contributed by atoms with van der Waals surface area (Å²) >= 11 is 0. The predicted octanol–water partition coefficient (Wildman–Crippen LogP) is 1.57. The smallest absolute Gasteiger partial charge is 0.344 e. The molecular weight excluding hydrogens is 354 g/mol. The van der Waals surface area contributed by atoms with E-state index >= 15 is 0 Å². The molecule has 2 aliphatic rings. The van der Waals surface area contributed by atoms with Gasteiger partial charge in [0.1, 0.15) is 0 Å². The standard InChI is InChI=1S/C19H21NO7/c1-11(2)27-16(21)10-26-19(24)12-5-6-14-15(8-12)18(23)20(17(14)22)9-13-4-3-7-25-13/h5-6,8,11,13H,3-4,7,9-10H2,1-2H3. The zero-order valence-corrected chi connectivity index (χ0v) is 15.2. The molecule has 2 aliphatic heterocycles. The van der Waals surface area contributed by atoms with Crippen LogP contribution in [0, 0.1) is 0 Å². The molecule has 1 unspecified atom stereocenters. The zero-order valence-electron chi connectivity index (χ0n) is 15.2. The Labute approximate surface area is 156 Å². The van der Waals surface area contributed by atoms with E-state index in [1.807, 2.05) is 0 Å². The van der Waals surface area contributed by atoms with Crippen molar-refractivity contribution in [1.82, 2.24) is 4.90 Å². The molecule has 8 heteroatoms. The van der Waals surface area contributed by atoms with Crippen LogP contribution in [0.5, 0.6) is 0 Å². The summed E-state index contributed by atoms with van der Waals surface area (Å²) in [4.78, 5) is 49.8. The topological polar surface area (TPSA) is 99.2 Å². The van der Waals surface area contributed by atoms with E-state index in [2.05, 4.69) is 0 Å². The minimum atomic E-state index is -0.767. The lowest BCUT2D eigenvalue weighted by atomic mass is 10.1. The number of fused-ring (bicyclic) bond motifs is 1. The Bertz CT molecular complexity index is 780. The van der Waals surface area contributed by atoms with Gasteiger partial charge in [0.05, 0.1) is 35.4 Å². The minimum absolute atomic E-state index is 0.0891. The van der Waals surface area contributed by atoms with E-state index in [0.29, 0.717) is 6.61 Å². The summed E-state index contributed by atoms with van der Waals surface area (Å²) in [5, 5.41) is 0. The summed E-state index contributed by atoms with van der Waals surface area (Å²) in [6.07, 6.45) is 1.25. The summed E-state index contributed by atoms with van der Waals surface area (Å²) < 4.78 is 15.3. The molecule has 27 heavy (non-hydrogen) atoms. The highest BCUT2D eigenvalue weighted by Gasteiger charge is 2.38. The Morgan fingerprint density at radius 2 is 1.96 bits per heavy atom. The number of nitrogens with zero attached hydrogens (tertiary/aromatic N) is 1. The molecule has 1 saturated heterocycles. The molecule has 8 nitrogen and oxygen atoms in total. The fourth-order valence-corrected chi connectivity index (χ4v) is 3.08. The van der Waals surface area contributed by atoms with Crippen molar-refractivity contribution in [1.29, 1.82) is 0 Å². The summed E-state index contributed by atoms with van der Waals surface area (Å²) in [5.74, 6) is -2.28.